The average Bonchev–Trinajstić information content (AvgIpc) is 2.40. The van der Waals surface area contributed by atoms with E-state index in [0.29, 0.717) is 6.04 Å². The zero-order valence-corrected chi connectivity index (χ0v) is 10.9. The Morgan fingerprint density at radius 1 is 1.06 bits per heavy atom. The van der Waals surface area contributed by atoms with Crippen LogP contribution >= 0.6 is 0 Å². The second-order valence-electron chi connectivity index (χ2n) is 5.24. The number of piperazine rings is 1. The fourth-order valence-corrected chi connectivity index (χ4v) is 2.68. The van der Waals surface area contributed by atoms with E-state index in [1.54, 1.807) is 0 Å². The highest BCUT2D eigenvalue weighted by Crippen LogP contribution is 2.18. The fourth-order valence-electron chi connectivity index (χ4n) is 2.68. The lowest BCUT2D eigenvalue weighted by molar-refractivity contribution is 0.417. The normalized spacial score (nSPS) is 20.2. The van der Waals surface area contributed by atoms with Gasteiger partial charge in [-0.05, 0) is 29.7 Å². The summed E-state index contributed by atoms with van der Waals surface area (Å²) in [7, 11) is 0. The van der Waals surface area contributed by atoms with Crippen molar-refractivity contribution in [1.82, 2.24) is 10.6 Å². The highest BCUT2D eigenvalue weighted by Gasteiger charge is 2.12. The zero-order valence-electron chi connectivity index (χ0n) is 10.9. The number of hydrogen-bond donors (Lipinski definition) is 2. The Labute approximate surface area is 108 Å². The van der Waals surface area contributed by atoms with Gasteiger partial charge in [-0.3, -0.25) is 0 Å². The van der Waals surface area contributed by atoms with E-state index in [1.165, 1.54) is 21.9 Å². The number of aryl methyl sites for hydroxylation is 1. The standard InChI is InChI=1S/C16H20N2/c1-12-2-4-15-9-13(3-5-14(15)8-12)10-16-11-17-6-7-18-16/h2-5,8-9,16-18H,6-7,10-11H2,1H3. The first kappa shape index (κ1) is 11.7. The van der Waals surface area contributed by atoms with Crippen LogP contribution in [0.2, 0.25) is 0 Å². The van der Waals surface area contributed by atoms with Crippen molar-refractivity contribution < 1.29 is 0 Å². The second kappa shape index (κ2) is 5.09. The number of fused-ring (bicyclic) bond motifs is 1. The number of hydrogen-bond acceptors (Lipinski definition) is 2. The monoisotopic (exact) mass is 240 g/mol. The highest BCUT2D eigenvalue weighted by atomic mass is 15.0. The first-order valence-corrected chi connectivity index (χ1v) is 6.75. The molecule has 2 aromatic carbocycles. The Kier molecular flexibility index (Phi) is 3.31. The maximum absolute atomic E-state index is 3.56. The number of rotatable bonds is 2. The van der Waals surface area contributed by atoms with Crippen LogP contribution in [0, 0.1) is 6.92 Å². The average molecular weight is 240 g/mol. The summed E-state index contributed by atoms with van der Waals surface area (Å²) < 4.78 is 0. The van der Waals surface area contributed by atoms with E-state index in [2.05, 4.69) is 54.0 Å². The Morgan fingerprint density at radius 3 is 2.72 bits per heavy atom. The maximum Gasteiger partial charge on any atom is 0.0233 e. The minimum atomic E-state index is 0.571. The summed E-state index contributed by atoms with van der Waals surface area (Å²) in [6, 6.07) is 14.1. The minimum absolute atomic E-state index is 0.571. The summed E-state index contributed by atoms with van der Waals surface area (Å²) in [5, 5.41) is 9.69. The van der Waals surface area contributed by atoms with Gasteiger partial charge in [-0.15, -0.1) is 0 Å². The summed E-state index contributed by atoms with van der Waals surface area (Å²) >= 11 is 0. The molecule has 2 heteroatoms. The van der Waals surface area contributed by atoms with Crippen LogP contribution in [0.15, 0.2) is 36.4 Å². The predicted molar refractivity (Wildman–Crippen MR) is 77.0 cm³/mol. The van der Waals surface area contributed by atoms with E-state index < -0.39 is 0 Å². The molecule has 0 spiro atoms. The molecule has 1 unspecified atom stereocenters. The minimum Gasteiger partial charge on any atom is -0.314 e. The van der Waals surface area contributed by atoms with Gasteiger partial charge < -0.3 is 10.6 Å². The van der Waals surface area contributed by atoms with Crippen molar-refractivity contribution in [3.8, 4) is 0 Å². The molecular weight excluding hydrogens is 220 g/mol. The topological polar surface area (TPSA) is 24.1 Å². The van der Waals surface area contributed by atoms with Crippen LogP contribution in [0.5, 0.6) is 0 Å². The third kappa shape index (κ3) is 2.55. The van der Waals surface area contributed by atoms with Crippen molar-refractivity contribution in [3.05, 3.63) is 47.5 Å². The molecule has 0 aliphatic carbocycles. The lowest BCUT2D eigenvalue weighted by Gasteiger charge is -2.24. The molecular formula is C16H20N2. The molecule has 2 N–H and O–H groups in total. The van der Waals surface area contributed by atoms with Crippen molar-refractivity contribution in [3.63, 3.8) is 0 Å². The maximum atomic E-state index is 3.56. The van der Waals surface area contributed by atoms with Crippen LogP contribution in [0.3, 0.4) is 0 Å². The van der Waals surface area contributed by atoms with Gasteiger partial charge >= 0.3 is 0 Å². The molecule has 1 atom stereocenters. The molecule has 0 radical (unpaired) electrons. The molecule has 1 heterocycles. The first-order chi connectivity index (χ1) is 8.81. The Balaban J connectivity index is 1.82. The van der Waals surface area contributed by atoms with Crippen LogP contribution in [-0.4, -0.2) is 25.7 Å². The smallest absolute Gasteiger partial charge is 0.0233 e. The van der Waals surface area contributed by atoms with Crippen molar-refractivity contribution in [2.45, 2.75) is 19.4 Å². The van der Waals surface area contributed by atoms with Crippen LogP contribution in [0.25, 0.3) is 10.8 Å². The predicted octanol–water partition coefficient (Wildman–Crippen LogP) is 2.25. The van der Waals surface area contributed by atoms with E-state index in [9.17, 15) is 0 Å². The van der Waals surface area contributed by atoms with Gasteiger partial charge in [0.25, 0.3) is 0 Å². The molecule has 1 fully saturated rings. The number of nitrogens with one attached hydrogen (secondary N) is 2. The van der Waals surface area contributed by atoms with E-state index in [1.807, 2.05) is 0 Å². The van der Waals surface area contributed by atoms with Crippen molar-refractivity contribution in [1.29, 1.82) is 0 Å². The van der Waals surface area contributed by atoms with Gasteiger partial charge in [-0.25, -0.2) is 0 Å². The molecule has 0 aromatic heterocycles. The van der Waals surface area contributed by atoms with E-state index in [4.69, 9.17) is 0 Å². The van der Waals surface area contributed by atoms with Crippen molar-refractivity contribution >= 4 is 10.8 Å². The lowest BCUT2D eigenvalue weighted by Crippen LogP contribution is -2.49. The largest absolute Gasteiger partial charge is 0.314 e. The molecule has 1 saturated heterocycles. The quantitative estimate of drug-likeness (QED) is 0.841. The van der Waals surface area contributed by atoms with Gasteiger partial charge in [0.2, 0.25) is 0 Å². The van der Waals surface area contributed by atoms with Gasteiger partial charge in [-0.1, -0.05) is 42.0 Å². The summed E-state index contributed by atoms with van der Waals surface area (Å²) in [4.78, 5) is 0. The molecule has 0 saturated carbocycles. The van der Waals surface area contributed by atoms with E-state index in [-0.39, 0.29) is 0 Å². The highest BCUT2D eigenvalue weighted by molar-refractivity contribution is 5.83. The molecule has 3 rings (SSSR count). The van der Waals surface area contributed by atoms with Gasteiger partial charge in [-0.2, -0.15) is 0 Å². The summed E-state index contributed by atoms with van der Waals surface area (Å²) in [6.45, 7) is 5.39. The molecule has 1 aliphatic rings. The van der Waals surface area contributed by atoms with E-state index >= 15 is 0 Å². The SMILES string of the molecule is Cc1ccc2cc(CC3CNCCN3)ccc2c1. The van der Waals surface area contributed by atoms with Crippen LogP contribution in [0.4, 0.5) is 0 Å². The zero-order chi connectivity index (χ0) is 12.4. The third-order valence-electron chi connectivity index (χ3n) is 3.67. The molecule has 2 aromatic rings. The number of benzene rings is 2. The van der Waals surface area contributed by atoms with Gasteiger partial charge in [0, 0.05) is 25.7 Å². The molecule has 0 amide bonds. The Hall–Kier alpha value is -1.38. The summed E-state index contributed by atoms with van der Waals surface area (Å²) in [5.41, 5.74) is 2.75. The third-order valence-corrected chi connectivity index (χ3v) is 3.67. The molecule has 2 nitrogen and oxygen atoms in total. The van der Waals surface area contributed by atoms with Crippen LogP contribution < -0.4 is 10.6 Å². The molecule has 0 bridgehead atoms. The second-order valence-corrected chi connectivity index (χ2v) is 5.24. The van der Waals surface area contributed by atoms with Gasteiger partial charge in [0.15, 0.2) is 0 Å². The fraction of sp³-hybridized carbons (Fsp3) is 0.375. The molecule has 94 valence electrons. The molecule has 18 heavy (non-hydrogen) atoms. The Bertz CT molecular complexity index is 542. The Morgan fingerprint density at radius 2 is 1.89 bits per heavy atom. The summed E-state index contributed by atoms with van der Waals surface area (Å²) in [5.74, 6) is 0. The van der Waals surface area contributed by atoms with Crippen molar-refractivity contribution in [2.75, 3.05) is 19.6 Å². The van der Waals surface area contributed by atoms with Crippen LogP contribution in [-0.2, 0) is 6.42 Å². The van der Waals surface area contributed by atoms with Crippen LogP contribution in [0.1, 0.15) is 11.1 Å². The van der Waals surface area contributed by atoms with Crippen molar-refractivity contribution in [2.24, 2.45) is 0 Å². The summed E-state index contributed by atoms with van der Waals surface area (Å²) in [6.07, 6.45) is 1.11. The van der Waals surface area contributed by atoms with Gasteiger partial charge in [0.1, 0.15) is 0 Å². The lowest BCUT2D eigenvalue weighted by atomic mass is 10.00. The molecule has 1 aliphatic heterocycles. The first-order valence-electron chi connectivity index (χ1n) is 6.75. The van der Waals surface area contributed by atoms with Gasteiger partial charge in [0.05, 0.1) is 0 Å². The van der Waals surface area contributed by atoms with E-state index in [0.717, 1.165) is 26.1 Å².